The Morgan fingerprint density at radius 2 is 2.18 bits per heavy atom. The fraction of sp³-hybridized carbons (Fsp3) is 0.286. The first-order chi connectivity index (χ1) is 10.4. The molecule has 116 valence electrons. The molecule has 22 heavy (non-hydrogen) atoms. The van der Waals surface area contributed by atoms with Crippen LogP contribution in [-0.2, 0) is 6.54 Å². The topological polar surface area (TPSA) is 90.1 Å². The first-order valence-corrected chi connectivity index (χ1v) is 6.62. The lowest BCUT2D eigenvalue weighted by molar-refractivity contribution is -0.386. The molecule has 0 bridgehead atoms. The first-order valence-electron chi connectivity index (χ1n) is 6.62. The largest absolute Gasteiger partial charge is 0.350 e. The van der Waals surface area contributed by atoms with Gasteiger partial charge in [-0.15, -0.1) is 0 Å². The second-order valence-electron chi connectivity index (χ2n) is 4.77. The Bertz CT molecular complexity index is 727. The maximum atomic E-state index is 13.0. The molecule has 0 aliphatic carbocycles. The SMILES string of the molecule is Cc1nn(CCNC(=O)c2cccc(F)c2)c(C)c1[N+](=O)[O-]. The standard InChI is InChI=1S/C14H15FN4O3/c1-9-13(19(21)22)10(2)18(17-9)7-6-16-14(20)11-4-3-5-12(15)8-11/h3-5,8H,6-7H2,1-2H3,(H,16,20). The van der Waals surface area contributed by atoms with Gasteiger partial charge in [0.15, 0.2) is 0 Å². The molecule has 0 spiro atoms. The van der Waals surface area contributed by atoms with Crippen molar-refractivity contribution in [2.75, 3.05) is 6.54 Å². The van der Waals surface area contributed by atoms with E-state index in [1.165, 1.54) is 22.9 Å². The van der Waals surface area contributed by atoms with Crippen LogP contribution in [0.2, 0.25) is 0 Å². The lowest BCUT2D eigenvalue weighted by atomic mass is 10.2. The molecule has 2 rings (SSSR count). The average Bonchev–Trinajstić information content (AvgIpc) is 2.73. The Morgan fingerprint density at radius 3 is 2.77 bits per heavy atom. The summed E-state index contributed by atoms with van der Waals surface area (Å²) in [6.07, 6.45) is 0. The van der Waals surface area contributed by atoms with Crippen molar-refractivity contribution < 1.29 is 14.1 Å². The molecular formula is C14H15FN4O3. The summed E-state index contributed by atoms with van der Waals surface area (Å²) in [5.74, 6) is -0.891. The van der Waals surface area contributed by atoms with Crippen molar-refractivity contribution >= 4 is 11.6 Å². The van der Waals surface area contributed by atoms with Crippen LogP contribution in [0.15, 0.2) is 24.3 Å². The second-order valence-corrected chi connectivity index (χ2v) is 4.77. The van der Waals surface area contributed by atoms with Gasteiger partial charge in [0.1, 0.15) is 17.2 Å². The number of aromatic nitrogens is 2. The number of nitrogens with zero attached hydrogens (tertiary/aromatic N) is 3. The Balaban J connectivity index is 1.98. The quantitative estimate of drug-likeness (QED) is 0.675. The third-order valence-corrected chi connectivity index (χ3v) is 3.22. The molecule has 7 nitrogen and oxygen atoms in total. The minimum Gasteiger partial charge on any atom is -0.350 e. The van der Waals surface area contributed by atoms with Gasteiger partial charge >= 0.3 is 5.69 Å². The highest BCUT2D eigenvalue weighted by molar-refractivity contribution is 5.94. The lowest BCUT2D eigenvalue weighted by Crippen LogP contribution is -2.27. The number of halogens is 1. The molecule has 1 aromatic heterocycles. The fourth-order valence-electron chi connectivity index (χ4n) is 2.18. The lowest BCUT2D eigenvalue weighted by Gasteiger charge is -2.06. The van der Waals surface area contributed by atoms with Crippen LogP contribution in [-0.4, -0.2) is 27.2 Å². The fourth-order valence-corrected chi connectivity index (χ4v) is 2.18. The highest BCUT2D eigenvalue weighted by Gasteiger charge is 2.21. The number of nitro groups is 1. The number of carbonyl (C=O) groups excluding carboxylic acids is 1. The van der Waals surface area contributed by atoms with Crippen molar-refractivity contribution in [3.8, 4) is 0 Å². The molecule has 0 unspecified atom stereocenters. The molecule has 0 aliphatic heterocycles. The van der Waals surface area contributed by atoms with E-state index >= 15 is 0 Å². The molecule has 0 fully saturated rings. The second kappa shape index (κ2) is 6.33. The Kier molecular flexibility index (Phi) is 4.50. The highest BCUT2D eigenvalue weighted by Crippen LogP contribution is 2.21. The molecule has 1 heterocycles. The van der Waals surface area contributed by atoms with Crippen LogP contribution >= 0.6 is 0 Å². The van der Waals surface area contributed by atoms with Crippen LogP contribution in [0.4, 0.5) is 10.1 Å². The number of aryl methyl sites for hydroxylation is 1. The van der Waals surface area contributed by atoms with E-state index in [0.29, 0.717) is 17.9 Å². The number of benzene rings is 1. The number of hydrogen-bond donors (Lipinski definition) is 1. The normalized spacial score (nSPS) is 10.5. The third kappa shape index (κ3) is 3.27. The predicted molar refractivity (Wildman–Crippen MR) is 77.1 cm³/mol. The van der Waals surface area contributed by atoms with Gasteiger partial charge in [-0.3, -0.25) is 19.6 Å². The third-order valence-electron chi connectivity index (χ3n) is 3.22. The first kappa shape index (κ1) is 15.6. The maximum Gasteiger partial charge on any atom is 0.312 e. The smallest absolute Gasteiger partial charge is 0.312 e. The van der Waals surface area contributed by atoms with E-state index in [4.69, 9.17) is 0 Å². The van der Waals surface area contributed by atoms with Crippen molar-refractivity contribution in [3.63, 3.8) is 0 Å². The van der Waals surface area contributed by atoms with E-state index in [9.17, 15) is 19.3 Å². The summed E-state index contributed by atoms with van der Waals surface area (Å²) in [5, 5.41) is 17.6. The van der Waals surface area contributed by atoms with Gasteiger partial charge in [-0.2, -0.15) is 5.10 Å². The van der Waals surface area contributed by atoms with Gasteiger partial charge in [0.2, 0.25) is 0 Å². The number of hydrogen-bond acceptors (Lipinski definition) is 4. The summed E-state index contributed by atoms with van der Waals surface area (Å²) >= 11 is 0. The van der Waals surface area contributed by atoms with Crippen LogP contribution in [0.5, 0.6) is 0 Å². The molecule has 0 saturated carbocycles. The minimum atomic E-state index is -0.484. The monoisotopic (exact) mass is 306 g/mol. The number of carbonyl (C=O) groups is 1. The molecule has 0 atom stereocenters. The van der Waals surface area contributed by atoms with Gasteiger partial charge in [-0.25, -0.2) is 4.39 Å². The van der Waals surface area contributed by atoms with Crippen molar-refractivity contribution in [1.82, 2.24) is 15.1 Å². The van der Waals surface area contributed by atoms with E-state index in [-0.39, 0.29) is 17.8 Å². The summed E-state index contributed by atoms with van der Waals surface area (Å²) in [6, 6.07) is 5.36. The van der Waals surface area contributed by atoms with Gasteiger partial charge in [0.05, 0.1) is 11.5 Å². The molecule has 0 radical (unpaired) electrons. The van der Waals surface area contributed by atoms with E-state index in [2.05, 4.69) is 10.4 Å². The van der Waals surface area contributed by atoms with Crippen LogP contribution in [0.3, 0.4) is 0 Å². The predicted octanol–water partition coefficient (Wildman–Crippen LogP) is 1.98. The molecule has 0 aliphatic rings. The van der Waals surface area contributed by atoms with Crippen LogP contribution < -0.4 is 5.32 Å². The van der Waals surface area contributed by atoms with Crippen molar-refractivity contribution in [2.24, 2.45) is 0 Å². The number of amides is 1. The molecule has 1 aromatic carbocycles. The maximum absolute atomic E-state index is 13.0. The zero-order chi connectivity index (χ0) is 16.3. The van der Waals surface area contributed by atoms with E-state index in [0.717, 1.165) is 6.07 Å². The zero-order valence-electron chi connectivity index (χ0n) is 12.2. The molecule has 1 amide bonds. The Hall–Kier alpha value is -2.77. The van der Waals surface area contributed by atoms with Crippen LogP contribution in [0.25, 0.3) is 0 Å². The average molecular weight is 306 g/mol. The summed E-state index contributed by atoms with van der Waals surface area (Å²) in [5.41, 5.74) is 0.970. The summed E-state index contributed by atoms with van der Waals surface area (Å²) in [4.78, 5) is 22.3. The van der Waals surface area contributed by atoms with Crippen LogP contribution in [0.1, 0.15) is 21.7 Å². The van der Waals surface area contributed by atoms with E-state index in [1.807, 2.05) is 0 Å². The molecule has 0 saturated heterocycles. The number of rotatable bonds is 5. The van der Waals surface area contributed by atoms with E-state index in [1.54, 1.807) is 13.8 Å². The van der Waals surface area contributed by atoms with Gasteiger partial charge < -0.3 is 5.32 Å². The van der Waals surface area contributed by atoms with Gasteiger partial charge in [-0.1, -0.05) is 6.07 Å². The summed E-state index contributed by atoms with van der Waals surface area (Å²) in [6.45, 7) is 3.69. The molecule has 2 aromatic rings. The highest BCUT2D eigenvalue weighted by atomic mass is 19.1. The van der Waals surface area contributed by atoms with Gasteiger partial charge in [0, 0.05) is 12.1 Å². The number of nitrogens with one attached hydrogen (secondary N) is 1. The summed E-state index contributed by atoms with van der Waals surface area (Å²) < 4.78 is 14.5. The van der Waals surface area contributed by atoms with E-state index < -0.39 is 16.6 Å². The molecule has 8 heteroatoms. The zero-order valence-corrected chi connectivity index (χ0v) is 12.2. The van der Waals surface area contributed by atoms with Gasteiger partial charge in [-0.05, 0) is 32.0 Å². The van der Waals surface area contributed by atoms with Gasteiger partial charge in [0.25, 0.3) is 5.91 Å². The van der Waals surface area contributed by atoms with Crippen molar-refractivity contribution in [1.29, 1.82) is 0 Å². The molecule has 1 N–H and O–H groups in total. The Morgan fingerprint density at radius 1 is 1.45 bits per heavy atom. The summed E-state index contributed by atoms with van der Waals surface area (Å²) in [7, 11) is 0. The van der Waals surface area contributed by atoms with Crippen molar-refractivity contribution in [2.45, 2.75) is 20.4 Å². The minimum absolute atomic E-state index is 0.0172. The van der Waals surface area contributed by atoms with Crippen LogP contribution in [0, 0.1) is 29.8 Å². The molecular weight excluding hydrogens is 291 g/mol. The Labute approximate surface area is 125 Å². The van der Waals surface area contributed by atoms with Crippen molar-refractivity contribution in [3.05, 3.63) is 57.1 Å².